The van der Waals surface area contributed by atoms with Gasteiger partial charge in [-0.2, -0.15) is 0 Å². The summed E-state index contributed by atoms with van der Waals surface area (Å²) in [4.78, 5) is 18.1. The molecule has 3 heterocycles. The third-order valence-corrected chi connectivity index (χ3v) is 4.67. The zero-order chi connectivity index (χ0) is 16.8. The topological polar surface area (TPSA) is 63.6 Å². The predicted octanol–water partition coefficient (Wildman–Crippen LogP) is 3.77. The largest absolute Gasteiger partial charge is 0.370 e. The Balaban J connectivity index is 1.70. The van der Waals surface area contributed by atoms with Gasteiger partial charge in [-0.05, 0) is 25.0 Å². The molecular formula is C18H21N5S. The smallest absolute Gasteiger partial charge is 0.180 e. The lowest BCUT2D eigenvalue weighted by molar-refractivity contribution is 0.935. The molecule has 0 atom stereocenters. The zero-order valence-electron chi connectivity index (χ0n) is 14.0. The van der Waals surface area contributed by atoms with Gasteiger partial charge in [0.05, 0.1) is 10.7 Å². The van der Waals surface area contributed by atoms with E-state index in [2.05, 4.69) is 44.5 Å². The Kier molecular flexibility index (Phi) is 5.48. The first-order chi connectivity index (χ1) is 11.8. The van der Waals surface area contributed by atoms with E-state index in [-0.39, 0.29) is 0 Å². The number of rotatable bonds is 7. The minimum atomic E-state index is 0.666. The van der Waals surface area contributed by atoms with Gasteiger partial charge in [-0.15, -0.1) is 11.3 Å². The maximum atomic E-state index is 4.60. The molecule has 0 aliphatic rings. The molecule has 5 nitrogen and oxygen atoms in total. The number of nitrogens with one attached hydrogen (secondary N) is 1. The van der Waals surface area contributed by atoms with Crippen molar-refractivity contribution in [1.29, 1.82) is 0 Å². The Labute approximate surface area is 146 Å². The molecule has 0 aliphatic carbocycles. The molecule has 3 aromatic heterocycles. The lowest BCUT2D eigenvalue weighted by atomic mass is 10.2. The van der Waals surface area contributed by atoms with Gasteiger partial charge < -0.3 is 5.32 Å². The summed E-state index contributed by atoms with van der Waals surface area (Å²) in [5.41, 5.74) is 2.94. The highest BCUT2D eigenvalue weighted by molar-refractivity contribution is 7.09. The molecule has 0 amide bonds. The summed E-state index contributed by atoms with van der Waals surface area (Å²) in [7, 11) is 0. The van der Waals surface area contributed by atoms with Gasteiger partial charge in [0, 0.05) is 36.3 Å². The Morgan fingerprint density at radius 3 is 2.67 bits per heavy atom. The van der Waals surface area contributed by atoms with Crippen LogP contribution in [0.25, 0.3) is 11.5 Å². The van der Waals surface area contributed by atoms with Crippen molar-refractivity contribution in [2.75, 3.05) is 11.9 Å². The van der Waals surface area contributed by atoms with Crippen molar-refractivity contribution < 1.29 is 0 Å². The molecule has 6 heteroatoms. The van der Waals surface area contributed by atoms with E-state index < -0.39 is 0 Å². The molecule has 3 aromatic rings. The highest BCUT2D eigenvalue weighted by atomic mass is 32.1. The van der Waals surface area contributed by atoms with Crippen LogP contribution in [-0.4, -0.2) is 26.5 Å². The first-order valence-electron chi connectivity index (χ1n) is 8.25. The zero-order valence-corrected chi connectivity index (χ0v) is 14.8. The second-order valence-electron chi connectivity index (χ2n) is 5.40. The van der Waals surface area contributed by atoms with Gasteiger partial charge in [-0.3, -0.25) is 4.98 Å². The lowest BCUT2D eigenvalue weighted by Gasteiger charge is -2.08. The van der Waals surface area contributed by atoms with Crippen LogP contribution in [0.3, 0.4) is 0 Å². The standard InChI is InChI=1S/C18H21N5S/c1-3-13-11-16(20-10-8-14-12-24-17(4-2)21-14)23-18(22-13)15-7-5-6-9-19-15/h5-7,9,11-12H,3-4,8,10H2,1-2H3,(H,20,22,23). The summed E-state index contributed by atoms with van der Waals surface area (Å²) in [5, 5.41) is 6.72. The van der Waals surface area contributed by atoms with E-state index in [1.54, 1.807) is 17.5 Å². The molecule has 124 valence electrons. The molecule has 1 N–H and O–H groups in total. The maximum Gasteiger partial charge on any atom is 0.180 e. The number of hydrogen-bond acceptors (Lipinski definition) is 6. The number of aryl methyl sites for hydroxylation is 2. The minimum Gasteiger partial charge on any atom is -0.370 e. The fourth-order valence-corrected chi connectivity index (χ4v) is 3.10. The van der Waals surface area contributed by atoms with E-state index >= 15 is 0 Å². The molecule has 0 aromatic carbocycles. The van der Waals surface area contributed by atoms with Crippen molar-refractivity contribution >= 4 is 17.2 Å². The van der Waals surface area contributed by atoms with Crippen LogP contribution < -0.4 is 5.32 Å². The maximum absolute atomic E-state index is 4.60. The quantitative estimate of drug-likeness (QED) is 0.710. The van der Waals surface area contributed by atoms with Crippen molar-refractivity contribution in [3.8, 4) is 11.5 Å². The Hall–Kier alpha value is -2.34. The lowest BCUT2D eigenvalue weighted by Crippen LogP contribution is -2.09. The average Bonchev–Trinajstić information content (AvgIpc) is 3.10. The molecular weight excluding hydrogens is 318 g/mol. The van der Waals surface area contributed by atoms with Crippen LogP contribution in [0.4, 0.5) is 5.82 Å². The number of thiazole rings is 1. The summed E-state index contributed by atoms with van der Waals surface area (Å²) < 4.78 is 0. The van der Waals surface area contributed by atoms with Gasteiger partial charge in [0.1, 0.15) is 11.5 Å². The van der Waals surface area contributed by atoms with E-state index in [1.807, 2.05) is 24.3 Å². The number of nitrogens with zero attached hydrogens (tertiary/aromatic N) is 4. The second-order valence-corrected chi connectivity index (χ2v) is 6.34. The van der Waals surface area contributed by atoms with Crippen molar-refractivity contribution in [1.82, 2.24) is 19.9 Å². The summed E-state index contributed by atoms with van der Waals surface area (Å²) >= 11 is 1.73. The first kappa shape index (κ1) is 16.5. The fraction of sp³-hybridized carbons (Fsp3) is 0.333. The van der Waals surface area contributed by atoms with Crippen molar-refractivity contribution in [2.24, 2.45) is 0 Å². The van der Waals surface area contributed by atoms with Gasteiger partial charge in [-0.1, -0.05) is 19.9 Å². The SMILES string of the molecule is CCc1cc(NCCc2csc(CC)n2)nc(-c2ccccn2)n1. The van der Waals surface area contributed by atoms with E-state index in [9.17, 15) is 0 Å². The molecule has 0 bridgehead atoms. The number of pyridine rings is 1. The molecule has 0 saturated heterocycles. The third kappa shape index (κ3) is 4.14. The molecule has 0 fully saturated rings. The van der Waals surface area contributed by atoms with Crippen LogP contribution in [0, 0.1) is 0 Å². The first-order valence-corrected chi connectivity index (χ1v) is 9.13. The van der Waals surface area contributed by atoms with Crippen LogP contribution in [0.5, 0.6) is 0 Å². The van der Waals surface area contributed by atoms with E-state index in [0.29, 0.717) is 5.82 Å². The molecule has 0 radical (unpaired) electrons. The number of anilines is 1. The van der Waals surface area contributed by atoms with E-state index in [0.717, 1.165) is 48.7 Å². The Morgan fingerprint density at radius 1 is 1.04 bits per heavy atom. The molecule has 0 spiro atoms. The Bertz CT molecular complexity index is 785. The van der Waals surface area contributed by atoms with Gasteiger partial charge in [0.25, 0.3) is 0 Å². The normalized spacial score (nSPS) is 10.8. The van der Waals surface area contributed by atoms with Crippen LogP contribution in [-0.2, 0) is 19.3 Å². The third-order valence-electron chi connectivity index (χ3n) is 3.62. The molecule has 0 saturated carbocycles. The molecule has 3 rings (SSSR count). The van der Waals surface area contributed by atoms with E-state index in [4.69, 9.17) is 0 Å². The van der Waals surface area contributed by atoms with Crippen molar-refractivity contribution in [3.63, 3.8) is 0 Å². The number of aromatic nitrogens is 4. The van der Waals surface area contributed by atoms with Gasteiger partial charge in [0.15, 0.2) is 5.82 Å². The van der Waals surface area contributed by atoms with Crippen LogP contribution in [0.2, 0.25) is 0 Å². The average molecular weight is 339 g/mol. The summed E-state index contributed by atoms with van der Waals surface area (Å²) in [6.07, 6.45) is 4.51. The van der Waals surface area contributed by atoms with Gasteiger partial charge >= 0.3 is 0 Å². The van der Waals surface area contributed by atoms with Crippen LogP contribution >= 0.6 is 11.3 Å². The van der Waals surface area contributed by atoms with Crippen molar-refractivity contribution in [3.05, 3.63) is 52.2 Å². The highest BCUT2D eigenvalue weighted by Gasteiger charge is 2.07. The summed E-state index contributed by atoms with van der Waals surface area (Å²) in [5.74, 6) is 1.51. The second kappa shape index (κ2) is 7.97. The monoisotopic (exact) mass is 339 g/mol. The molecule has 0 aliphatic heterocycles. The Morgan fingerprint density at radius 2 is 1.96 bits per heavy atom. The predicted molar refractivity (Wildman–Crippen MR) is 98.3 cm³/mol. The molecule has 24 heavy (non-hydrogen) atoms. The minimum absolute atomic E-state index is 0.666. The summed E-state index contributed by atoms with van der Waals surface area (Å²) in [6, 6.07) is 7.78. The summed E-state index contributed by atoms with van der Waals surface area (Å²) in [6.45, 7) is 5.03. The van der Waals surface area contributed by atoms with Crippen LogP contribution in [0.1, 0.15) is 30.2 Å². The number of hydrogen-bond donors (Lipinski definition) is 1. The molecule has 0 unspecified atom stereocenters. The fourth-order valence-electron chi connectivity index (χ4n) is 2.32. The van der Waals surface area contributed by atoms with Crippen LogP contribution in [0.15, 0.2) is 35.8 Å². The van der Waals surface area contributed by atoms with E-state index in [1.165, 1.54) is 5.01 Å². The van der Waals surface area contributed by atoms with Gasteiger partial charge in [0.2, 0.25) is 0 Å². The van der Waals surface area contributed by atoms with Gasteiger partial charge in [-0.25, -0.2) is 15.0 Å². The highest BCUT2D eigenvalue weighted by Crippen LogP contribution is 2.16. The van der Waals surface area contributed by atoms with Crippen molar-refractivity contribution in [2.45, 2.75) is 33.1 Å².